The maximum absolute atomic E-state index is 11.6. The normalized spacial score (nSPS) is 17.0. The van der Waals surface area contributed by atoms with E-state index >= 15 is 0 Å². The fraction of sp³-hybridized carbons (Fsp3) is 0.304. The summed E-state index contributed by atoms with van der Waals surface area (Å²) in [5.41, 5.74) is 3.57. The van der Waals surface area contributed by atoms with Crippen LogP contribution in [0.5, 0.6) is 0 Å². The first-order valence-electron chi connectivity index (χ1n) is 9.77. The topological polar surface area (TPSA) is 61.4 Å². The van der Waals surface area contributed by atoms with Gasteiger partial charge < -0.3 is 5.32 Å². The van der Waals surface area contributed by atoms with Crippen LogP contribution in [0.15, 0.2) is 84.5 Å². The molecule has 5 heteroatoms. The van der Waals surface area contributed by atoms with E-state index in [4.69, 9.17) is 0 Å². The van der Waals surface area contributed by atoms with Crippen molar-refractivity contribution in [1.82, 2.24) is 10.0 Å². The van der Waals surface area contributed by atoms with E-state index in [1.54, 1.807) is 0 Å². The van der Waals surface area contributed by atoms with E-state index in [0.29, 0.717) is 0 Å². The molecule has 4 nitrogen and oxygen atoms in total. The molecule has 0 aliphatic heterocycles. The molecule has 2 aromatic rings. The molecule has 0 amide bonds. The molecule has 0 aromatic heterocycles. The molecule has 3 rings (SSSR count). The van der Waals surface area contributed by atoms with Gasteiger partial charge in [0.05, 0.1) is 12.1 Å². The number of hydrogen-bond acceptors (Lipinski definition) is 2. The van der Waals surface area contributed by atoms with Crippen molar-refractivity contribution >= 4 is 11.3 Å². The monoisotopic (exact) mass is 396 g/mol. The van der Waals surface area contributed by atoms with Crippen molar-refractivity contribution in [2.45, 2.75) is 37.8 Å². The molecule has 1 aliphatic rings. The molecule has 2 unspecified atom stereocenters. The molecule has 148 valence electrons. The third-order valence-electron chi connectivity index (χ3n) is 5.01. The number of allylic oxidation sites excluding steroid dienone is 4. The van der Waals surface area contributed by atoms with Gasteiger partial charge >= 0.3 is 0 Å². The summed E-state index contributed by atoms with van der Waals surface area (Å²) >= 11 is -2.11. The first-order valence-corrected chi connectivity index (χ1v) is 10.9. The Morgan fingerprint density at radius 2 is 1.57 bits per heavy atom. The van der Waals surface area contributed by atoms with Gasteiger partial charge in [-0.3, -0.25) is 4.55 Å². The number of rotatable bonds is 10. The van der Waals surface area contributed by atoms with Gasteiger partial charge in [-0.15, -0.1) is 0 Å². The molecule has 0 radical (unpaired) electrons. The maximum atomic E-state index is 11.6. The number of hydrogen-bond donors (Lipinski definition) is 3. The summed E-state index contributed by atoms with van der Waals surface area (Å²) in [4.78, 5) is 0. The molecule has 3 atom stereocenters. The molecule has 2 aromatic carbocycles. The van der Waals surface area contributed by atoms with Crippen LogP contribution in [0, 0.1) is 0 Å². The van der Waals surface area contributed by atoms with Crippen LogP contribution in [-0.2, 0) is 11.3 Å². The smallest absolute Gasteiger partial charge is 0.232 e. The number of nitrogens with one attached hydrogen (secondary N) is 2. The van der Waals surface area contributed by atoms with Gasteiger partial charge in [-0.1, -0.05) is 84.5 Å². The lowest BCUT2D eigenvalue weighted by Gasteiger charge is -2.29. The highest BCUT2D eigenvalue weighted by Gasteiger charge is 2.25. The van der Waals surface area contributed by atoms with Crippen molar-refractivity contribution < 1.29 is 8.76 Å². The lowest BCUT2D eigenvalue weighted by Crippen LogP contribution is -2.36. The van der Waals surface area contributed by atoms with Crippen molar-refractivity contribution in [3.63, 3.8) is 0 Å². The van der Waals surface area contributed by atoms with Crippen molar-refractivity contribution in [2.24, 2.45) is 0 Å². The minimum atomic E-state index is -2.11. The lowest BCUT2D eigenvalue weighted by atomic mass is 9.93. The summed E-state index contributed by atoms with van der Waals surface area (Å²) < 4.78 is 24.0. The molecule has 3 N–H and O–H groups in total. The van der Waals surface area contributed by atoms with E-state index in [2.05, 4.69) is 40.4 Å². The molecule has 0 bridgehead atoms. The van der Waals surface area contributed by atoms with Gasteiger partial charge in [-0.25, -0.2) is 8.93 Å². The Morgan fingerprint density at radius 1 is 0.929 bits per heavy atom. The van der Waals surface area contributed by atoms with Gasteiger partial charge in [0.25, 0.3) is 0 Å². The van der Waals surface area contributed by atoms with Crippen molar-refractivity contribution in [2.75, 3.05) is 6.54 Å². The predicted molar refractivity (Wildman–Crippen MR) is 116 cm³/mol. The minimum Gasteiger partial charge on any atom is -0.308 e. The van der Waals surface area contributed by atoms with Gasteiger partial charge in [0.15, 0.2) is 0 Å². The Hall–Kier alpha value is -2.05. The molecule has 0 saturated carbocycles. The third kappa shape index (κ3) is 6.24. The zero-order valence-electron chi connectivity index (χ0n) is 16.0. The van der Waals surface area contributed by atoms with Crippen LogP contribution in [0.1, 0.15) is 48.9 Å². The SMILES string of the molecule is O=S(O)N[C@@H](c1ccccc1)C(NCCCC1=CCC=CC1)c1ccccc1. The van der Waals surface area contributed by atoms with Gasteiger partial charge in [-0.2, -0.15) is 0 Å². The first kappa shape index (κ1) is 20.7. The summed E-state index contributed by atoms with van der Waals surface area (Å²) in [5, 5.41) is 3.63. The van der Waals surface area contributed by atoms with Crippen LogP contribution in [0.4, 0.5) is 0 Å². The average molecular weight is 397 g/mol. The standard InChI is InChI=1S/C23H28N2O2S/c26-28(27)25-23(21-16-8-3-9-17-21)22(20-14-6-2-7-15-20)24-18-10-13-19-11-4-1-5-12-19/h1-4,6-9,12,14-17,22-25H,5,10-11,13,18H2,(H,26,27)/t22?,23-/m0/s1. The van der Waals surface area contributed by atoms with Crippen molar-refractivity contribution in [1.29, 1.82) is 0 Å². The van der Waals surface area contributed by atoms with E-state index in [1.807, 2.05) is 48.5 Å². The second kappa shape index (κ2) is 11.1. The largest absolute Gasteiger partial charge is 0.308 e. The van der Waals surface area contributed by atoms with Crippen molar-refractivity contribution in [3.8, 4) is 0 Å². The highest BCUT2D eigenvalue weighted by atomic mass is 32.2. The molecule has 0 saturated heterocycles. The maximum Gasteiger partial charge on any atom is 0.232 e. The van der Waals surface area contributed by atoms with E-state index in [0.717, 1.165) is 43.4 Å². The van der Waals surface area contributed by atoms with Gasteiger partial charge in [0.1, 0.15) is 0 Å². The zero-order valence-corrected chi connectivity index (χ0v) is 16.8. The highest BCUT2D eigenvalue weighted by Crippen LogP contribution is 2.29. The van der Waals surface area contributed by atoms with Gasteiger partial charge in [0, 0.05) is 0 Å². The van der Waals surface area contributed by atoms with E-state index in [1.165, 1.54) is 5.57 Å². The molecular formula is C23H28N2O2S. The minimum absolute atomic E-state index is 0.111. The quantitative estimate of drug-likeness (QED) is 0.306. The first-order chi connectivity index (χ1) is 13.7. The van der Waals surface area contributed by atoms with E-state index < -0.39 is 11.3 Å². The molecule has 1 aliphatic carbocycles. The highest BCUT2D eigenvalue weighted by molar-refractivity contribution is 7.77. The average Bonchev–Trinajstić information content (AvgIpc) is 2.74. The molecule has 0 heterocycles. The van der Waals surface area contributed by atoms with Crippen molar-refractivity contribution in [3.05, 3.63) is 95.6 Å². The second-order valence-corrected chi connectivity index (χ2v) is 7.71. The Kier molecular flexibility index (Phi) is 8.18. The Balaban J connectivity index is 1.73. The summed E-state index contributed by atoms with van der Waals surface area (Å²) in [6, 6.07) is 19.5. The summed E-state index contributed by atoms with van der Waals surface area (Å²) in [5.74, 6) is 0. The number of benzene rings is 2. The fourth-order valence-electron chi connectivity index (χ4n) is 3.61. The third-order valence-corrected chi connectivity index (χ3v) is 5.46. The zero-order chi connectivity index (χ0) is 19.6. The van der Waals surface area contributed by atoms with E-state index in [9.17, 15) is 8.76 Å². The second-order valence-electron chi connectivity index (χ2n) is 6.97. The van der Waals surface area contributed by atoms with Crippen LogP contribution >= 0.6 is 0 Å². The summed E-state index contributed by atoms with van der Waals surface area (Å²) in [6.07, 6.45) is 11.0. The molecule has 0 spiro atoms. The van der Waals surface area contributed by atoms with Crippen LogP contribution < -0.4 is 10.0 Å². The predicted octanol–water partition coefficient (Wildman–Crippen LogP) is 4.84. The molecule has 28 heavy (non-hydrogen) atoms. The van der Waals surface area contributed by atoms with Crippen LogP contribution in [0.3, 0.4) is 0 Å². The summed E-state index contributed by atoms with van der Waals surface area (Å²) in [6.45, 7) is 0.837. The Morgan fingerprint density at radius 3 is 2.14 bits per heavy atom. The lowest BCUT2D eigenvalue weighted by molar-refractivity contribution is 0.415. The molecular weight excluding hydrogens is 368 g/mol. The Labute approximate surface area is 170 Å². The van der Waals surface area contributed by atoms with Crippen LogP contribution in [0.25, 0.3) is 0 Å². The van der Waals surface area contributed by atoms with Crippen LogP contribution in [-0.4, -0.2) is 15.3 Å². The molecule has 0 fully saturated rings. The Bertz CT molecular complexity index is 806. The summed E-state index contributed by atoms with van der Waals surface area (Å²) in [7, 11) is 0. The fourth-order valence-corrected chi connectivity index (χ4v) is 4.10. The van der Waals surface area contributed by atoms with E-state index in [-0.39, 0.29) is 12.1 Å². The van der Waals surface area contributed by atoms with Crippen LogP contribution in [0.2, 0.25) is 0 Å². The van der Waals surface area contributed by atoms with Gasteiger partial charge in [-0.05, 0) is 43.4 Å². The van der Waals surface area contributed by atoms with Gasteiger partial charge in [0.2, 0.25) is 11.3 Å².